The third-order valence-electron chi connectivity index (χ3n) is 2.78. The van der Waals surface area contributed by atoms with Crippen LogP contribution in [0.15, 0.2) is 23.7 Å². The number of alkyl halides is 3. The van der Waals surface area contributed by atoms with Crippen LogP contribution in [0.2, 0.25) is 0 Å². The lowest BCUT2D eigenvalue weighted by Crippen LogP contribution is -2.04. The van der Waals surface area contributed by atoms with E-state index in [9.17, 15) is 13.2 Å². The quantitative estimate of drug-likeness (QED) is 0.605. The first-order valence-electron chi connectivity index (χ1n) is 5.38. The van der Waals surface area contributed by atoms with Gasteiger partial charge in [0.25, 0.3) is 0 Å². The van der Waals surface area contributed by atoms with Crippen molar-refractivity contribution < 1.29 is 13.2 Å². The van der Waals surface area contributed by atoms with E-state index in [1.807, 2.05) is 6.92 Å². The van der Waals surface area contributed by atoms with Crippen molar-refractivity contribution in [3.05, 3.63) is 40.2 Å². The molecule has 2 aromatic heterocycles. The minimum atomic E-state index is -4.35. The Morgan fingerprint density at radius 1 is 1.26 bits per heavy atom. The van der Waals surface area contributed by atoms with Gasteiger partial charge < -0.3 is 0 Å². The Morgan fingerprint density at radius 3 is 2.68 bits per heavy atom. The van der Waals surface area contributed by atoms with Crippen molar-refractivity contribution in [2.24, 2.45) is 0 Å². The third kappa shape index (κ3) is 2.15. The van der Waals surface area contributed by atoms with Crippen LogP contribution in [0.4, 0.5) is 13.2 Å². The number of hydrogen-bond acceptors (Lipinski definition) is 3. The summed E-state index contributed by atoms with van der Waals surface area (Å²) < 4.78 is 39.4. The minimum absolute atomic E-state index is 0.537. The highest BCUT2D eigenvalue weighted by atomic mass is 32.1. The first kappa shape index (κ1) is 12.6. The molecule has 1 radical (unpaired) electrons. The van der Waals surface area contributed by atoms with Gasteiger partial charge in [-0.15, -0.1) is 22.7 Å². The van der Waals surface area contributed by atoms with E-state index >= 15 is 0 Å². The topological polar surface area (TPSA) is 12.9 Å². The smallest absolute Gasteiger partial charge is 0.245 e. The van der Waals surface area contributed by atoms with Crippen LogP contribution in [0, 0.1) is 12.3 Å². The summed E-state index contributed by atoms with van der Waals surface area (Å²) in [5.41, 5.74) is 0.759. The largest absolute Gasteiger partial charge is 0.416 e. The van der Waals surface area contributed by atoms with Gasteiger partial charge in [-0.25, -0.2) is 4.98 Å². The molecule has 1 aromatic carbocycles. The number of benzene rings is 1. The van der Waals surface area contributed by atoms with Crippen molar-refractivity contribution in [2.45, 2.75) is 13.1 Å². The van der Waals surface area contributed by atoms with Gasteiger partial charge in [0.15, 0.2) is 0 Å². The number of thiazole rings is 1. The van der Waals surface area contributed by atoms with Crippen LogP contribution in [0.25, 0.3) is 20.7 Å². The van der Waals surface area contributed by atoms with Gasteiger partial charge in [0.1, 0.15) is 5.01 Å². The van der Waals surface area contributed by atoms with Crippen LogP contribution in [0.5, 0.6) is 0 Å². The Labute approximate surface area is 115 Å². The molecule has 97 valence electrons. The second-order valence-electron chi connectivity index (χ2n) is 4.06. The van der Waals surface area contributed by atoms with Crippen LogP contribution in [-0.4, -0.2) is 4.98 Å². The molecule has 0 aliphatic rings. The molecule has 3 rings (SSSR count). The molecule has 0 saturated carbocycles. The number of aromatic nitrogens is 1. The lowest BCUT2D eigenvalue weighted by molar-refractivity contribution is -0.137. The zero-order valence-electron chi connectivity index (χ0n) is 9.71. The Bertz CT molecular complexity index is 726. The molecule has 0 spiro atoms. The Kier molecular flexibility index (Phi) is 2.87. The van der Waals surface area contributed by atoms with Crippen molar-refractivity contribution in [1.82, 2.24) is 4.98 Å². The van der Waals surface area contributed by atoms with Crippen molar-refractivity contribution in [3.63, 3.8) is 0 Å². The van der Waals surface area contributed by atoms with E-state index in [0.717, 1.165) is 10.9 Å². The Hall–Kier alpha value is -1.40. The summed E-state index contributed by atoms with van der Waals surface area (Å²) >= 11 is 2.54. The summed E-state index contributed by atoms with van der Waals surface area (Å²) in [5.74, 6) is 0. The highest BCUT2D eigenvalue weighted by Crippen LogP contribution is 2.40. The number of nitrogens with zero attached hydrogens (tertiary/aromatic N) is 1. The molecule has 0 bridgehead atoms. The average Bonchev–Trinajstić information content (AvgIpc) is 2.97. The van der Waals surface area contributed by atoms with Crippen molar-refractivity contribution in [1.29, 1.82) is 0 Å². The van der Waals surface area contributed by atoms with E-state index in [4.69, 9.17) is 0 Å². The van der Waals surface area contributed by atoms with Gasteiger partial charge in [-0.1, -0.05) is 0 Å². The number of halogens is 3. The lowest BCUT2D eigenvalue weighted by Gasteiger charge is -2.09. The first-order chi connectivity index (χ1) is 8.97. The molecule has 0 unspecified atom stereocenters. The number of hydrogen-bond donors (Lipinski definition) is 0. The van der Waals surface area contributed by atoms with Gasteiger partial charge in [-0.3, -0.25) is 0 Å². The maximum Gasteiger partial charge on any atom is 0.416 e. The molecule has 0 amide bonds. The van der Waals surface area contributed by atoms with Crippen LogP contribution in [-0.2, 0) is 6.18 Å². The predicted octanol–water partition coefficient (Wildman–Crippen LogP) is 5.15. The molecule has 0 aliphatic heterocycles. The van der Waals surface area contributed by atoms with E-state index < -0.39 is 11.7 Å². The summed E-state index contributed by atoms with van der Waals surface area (Å²) in [5, 5.41) is 6.18. The van der Waals surface area contributed by atoms with E-state index in [1.165, 1.54) is 34.8 Å². The maximum atomic E-state index is 12.9. The van der Waals surface area contributed by atoms with Crippen LogP contribution < -0.4 is 0 Å². The van der Waals surface area contributed by atoms with E-state index in [2.05, 4.69) is 10.4 Å². The van der Waals surface area contributed by atoms with Gasteiger partial charge in [0.05, 0.1) is 5.56 Å². The Morgan fingerprint density at radius 2 is 2.05 bits per heavy atom. The molecule has 2 heterocycles. The second kappa shape index (κ2) is 4.31. The van der Waals surface area contributed by atoms with Gasteiger partial charge in [0.2, 0.25) is 0 Å². The lowest BCUT2D eigenvalue weighted by atomic mass is 10.0. The monoisotopic (exact) mass is 298 g/mol. The third-order valence-corrected chi connectivity index (χ3v) is 4.54. The van der Waals surface area contributed by atoms with Crippen molar-refractivity contribution in [2.75, 3.05) is 0 Å². The second-order valence-corrected chi connectivity index (χ2v) is 5.80. The maximum absolute atomic E-state index is 12.9. The predicted molar refractivity (Wildman–Crippen MR) is 71.5 cm³/mol. The molecular weight excluding hydrogens is 291 g/mol. The standard InChI is InChI=1S/C13H7F3NS2/c1-7-6-19-10-5-8(13(14,15)16)4-9(11(7)10)12-17-2-3-18-12/h2-5H,1H3. The van der Waals surface area contributed by atoms with Gasteiger partial charge in [0, 0.05) is 32.6 Å². The molecular formula is C13H7F3NS2. The highest BCUT2D eigenvalue weighted by Gasteiger charge is 2.32. The number of fused-ring (bicyclic) bond motifs is 1. The minimum Gasteiger partial charge on any atom is -0.245 e. The summed E-state index contributed by atoms with van der Waals surface area (Å²) in [6.07, 6.45) is -2.75. The molecule has 0 fully saturated rings. The normalized spacial score (nSPS) is 12.2. The summed E-state index contributed by atoms with van der Waals surface area (Å²) in [6, 6.07) is 2.36. The van der Waals surface area contributed by atoms with Crippen molar-refractivity contribution in [3.8, 4) is 10.6 Å². The zero-order valence-corrected chi connectivity index (χ0v) is 11.3. The molecule has 19 heavy (non-hydrogen) atoms. The highest BCUT2D eigenvalue weighted by molar-refractivity contribution is 7.17. The number of rotatable bonds is 1. The zero-order chi connectivity index (χ0) is 13.6. The van der Waals surface area contributed by atoms with E-state index in [0.29, 0.717) is 15.3 Å². The van der Waals surface area contributed by atoms with E-state index in [1.54, 1.807) is 11.6 Å². The summed E-state index contributed by atoms with van der Waals surface area (Å²) in [4.78, 5) is 4.12. The van der Waals surface area contributed by atoms with Crippen molar-refractivity contribution >= 4 is 32.8 Å². The fraction of sp³-hybridized carbons (Fsp3) is 0.154. The van der Waals surface area contributed by atoms with Gasteiger partial charge >= 0.3 is 6.18 Å². The number of aryl methyl sites for hydroxylation is 1. The molecule has 0 aliphatic carbocycles. The Balaban J connectivity index is 2.37. The average molecular weight is 298 g/mol. The van der Waals surface area contributed by atoms with E-state index in [-0.39, 0.29) is 0 Å². The molecule has 0 N–H and O–H groups in total. The molecule has 0 saturated heterocycles. The first-order valence-corrected chi connectivity index (χ1v) is 7.08. The van der Waals surface area contributed by atoms with Crippen LogP contribution in [0.3, 0.4) is 0 Å². The number of thiophene rings is 1. The van der Waals surface area contributed by atoms with Crippen LogP contribution in [0.1, 0.15) is 11.1 Å². The van der Waals surface area contributed by atoms with Gasteiger partial charge in [-0.05, 0) is 24.6 Å². The SMILES string of the molecule is Cc1[c]sc2cc(C(F)(F)F)cc(-c3nccs3)c12. The summed E-state index contributed by atoms with van der Waals surface area (Å²) in [6.45, 7) is 1.85. The molecule has 3 aromatic rings. The molecule has 6 heteroatoms. The van der Waals surface area contributed by atoms with Crippen LogP contribution >= 0.6 is 22.7 Å². The van der Waals surface area contributed by atoms with Gasteiger partial charge in [-0.2, -0.15) is 13.2 Å². The molecule has 0 atom stereocenters. The fourth-order valence-corrected chi connectivity index (χ4v) is 3.53. The summed E-state index contributed by atoms with van der Waals surface area (Å²) in [7, 11) is 0. The molecule has 1 nitrogen and oxygen atoms in total. The fourth-order valence-electron chi connectivity index (χ4n) is 1.95.